The molecule has 0 radical (unpaired) electrons. The van der Waals surface area contributed by atoms with Crippen molar-refractivity contribution in [2.24, 2.45) is 5.73 Å². The van der Waals surface area contributed by atoms with Crippen LogP contribution in [-0.4, -0.2) is 11.9 Å². The first-order valence-corrected chi connectivity index (χ1v) is 9.50. The van der Waals surface area contributed by atoms with E-state index < -0.39 is 5.91 Å². The quantitative estimate of drug-likeness (QED) is 0.705. The van der Waals surface area contributed by atoms with Crippen LogP contribution in [-0.2, 0) is 19.4 Å². The van der Waals surface area contributed by atoms with Gasteiger partial charge in [0.15, 0.2) is 0 Å². The second-order valence-electron chi connectivity index (χ2n) is 7.46. The number of benzene rings is 3. The molecule has 0 aliphatic heterocycles. The molecule has 3 aromatic rings. The number of hydrogen-bond donors (Lipinski definition) is 2. The van der Waals surface area contributed by atoms with Gasteiger partial charge in [-0.1, -0.05) is 42.5 Å². The Kier molecular flexibility index (Phi) is 4.97. The highest BCUT2D eigenvalue weighted by Gasteiger charge is 2.20. The second-order valence-corrected chi connectivity index (χ2v) is 7.46. The monoisotopic (exact) mass is 374 g/mol. The normalized spacial score (nSPS) is 13.5. The molecule has 0 spiro atoms. The average molecular weight is 374 g/mol. The number of carbonyl (C=O) groups is 1. The summed E-state index contributed by atoms with van der Waals surface area (Å²) >= 11 is 0. The molecule has 1 aliphatic carbocycles. The molecular formula is C24H23FN2O. The Morgan fingerprint density at radius 1 is 1.04 bits per heavy atom. The van der Waals surface area contributed by atoms with Gasteiger partial charge in [0.25, 0.3) is 0 Å². The number of nitrogens with one attached hydrogen (secondary N) is 1. The van der Waals surface area contributed by atoms with E-state index in [2.05, 4.69) is 29.6 Å². The van der Waals surface area contributed by atoms with E-state index in [0.29, 0.717) is 23.7 Å². The highest BCUT2D eigenvalue weighted by Crippen LogP contribution is 2.28. The minimum Gasteiger partial charge on any atom is -0.366 e. The van der Waals surface area contributed by atoms with E-state index in [0.717, 1.165) is 29.5 Å². The third kappa shape index (κ3) is 3.69. The van der Waals surface area contributed by atoms with Crippen molar-refractivity contribution in [1.82, 2.24) is 5.32 Å². The zero-order valence-corrected chi connectivity index (χ0v) is 15.8. The summed E-state index contributed by atoms with van der Waals surface area (Å²) in [5, 5.41) is 3.54. The van der Waals surface area contributed by atoms with Gasteiger partial charge in [-0.15, -0.1) is 0 Å². The molecule has 1 amide bonds. The van der Waals surface area contributed by atoms with Crippen molar-refractivity contribution in [3.63, 3.8) is 0 Å². The van der Waals surface area contributed by atoms with Crippen molar-refractivity contribution in [3.05, 3.63) is 94.3 Å². The molecule has 142 valence electrons. The Bertz CT molecular complexity index is 1020. The van der Waals surface area contributed by atoms with Crippen molar-refractivity contribution in [1.29, 1.82) is 0 Å². The SMILES string of the molecule is Cc1cc(C(N)=O)ccc1-c1ccc(CNC2Cc3ccccc3C2)cc1F. The zero-order chi connectivity index (χ0) is 19.7. The summed E-state index contributed by atoms with van der Waals surface area (Å²) in [6.07, 6.45) is 2.03. The summed E-state index contributed by atoms with van der Waals surface area (Å²) in [7, 11) is 0. The minimum absolute atomic E-state index is 0.260. The lowest BCUT2D eigenvalue weighted by Gasteiger charge is -2.14. The predicted octanol–water partition coefficient (Wildman–Crippen LogP) is 4.16. The van der Waals surface area contributed by atoms with Gasteiger partial charge in [0, 0.05) is 23.7 Å². The fourth-order valence-electron chi connectivity index (χ4n) is 3.97. The van der Waals surface area contributed by atoms with Crippen LogP contribution >= 0.6 is 0 Å². The third-order valence-electron chi connectivity index (χ3n) is 5.48. The molecule has 0 fully saturated rings. The maximum atomic E-state index is 14.8. The van der Waals surface area contributed by atoms with E-state index in [1.165, 1.54) is 11.1 Å². The van der Waals surface area contributed by atoms with Gasteiger partial charge in [-0.05, 0) is 65.8 Å². The number of fused-ring (bicyclic) bond motifs is 1. The van der Waals surface area contributed by atoms with Crippen molar-refractivity contribution in [2.75, 3.05) is 0 Å². The summed E-state index contributed by atoms with van der Waals surface area (Å²) in [6.45, 7) is 2.49. The molecule has 0 unspecified atom stereocenters. The topological polar surface area (TPSA) is 55.1 Å². The van der Waals surface area contributed by atoms with Gasteiger partial charge in [0.1, 0.15) is 5.82 Å². The maximum absolute atomic E-state index is 14.8. The van der Waals surface area contributed by atoms with E-state index >= 15 is 0 Å². The van der Waals surface area contributed by atoms with Gasteiger partial charge in [-0.25, -0.2) is 4.39 Å². The van der Waals surface area contributed by atoms with Gasteiger partial charge in [0.2, 0.25) is 5.91 Å². The first kappa shape index (κ1) is 18.4. The molecular weight excluding hydrogens is 351 g/mol. The largest absolute Gasteiger partial charge is 0.366 e. The molecule has 4 rings (SSSR count). The van der Waals surface area contributed by atoms with Crippen LogP contribution in [0.1, 0.15) is 32.6 Å². The summed E-state index contributed by atoms with van der Waals surface area (Å²) in [5.74, 6) is -0.741. The van der Waals surface area contributed by atoms with Gasteiger partial charge in [-0.3, -0.25) is 4.79 Å². The molecule has 0 saturated carbocycles. The standard InChI is InChI=1S/C24H23FN2O/c1-15-10-19(24(26)28)7-9-21(15)22-8-6-16(11-23(22)25)14-27-20-12-17-4-2-3-5-18(17)13-20/h2-11,20,27H,12-14H2,1H3,(H2,26,28). The Balaban J connectivity index is 1.46. The Hall–Kier alpha value is -2.98. The third-order valence-corrected chi connectivity index (χ3v) is 5.48. The smallest absolute Gasteiger partial charge is 0.248 e. The molecule has 3 nitrogen and oxygen atoms in total. The Morgan fingerprint density at radius 2 is 1.71 bits per heavy atom. The summed E-state index contributed by atoms with van der Waals surface area (Å²) in [5.41, 5.74) is 11.6. The van der Waals surface area contributed by atoms with Crippen molar-refractivity contribution >= 4 is 5.91 Å². The number of carbonyl (C=O) groups excluding carboxylic acids is 1. The van der Waals surface area contributed by atoms with Gasteiger partial charge in [-0.2, -0.15) is 0 Å². The molecule has 0 bridgehead atoms. The van der Waals surface area contributed by atoms with Crippen LogP contribution in [0.5, 0.6) is 0 Å². The van der Waals surface area contributed by atoms with Gasteiger partial charge < -0.3 is 11.1 Å². The lowest BCUT2D eigenvalue weighted by molar-refractivity contribution is 0.1000. The number of rotatable bonds is 5. The van der Waals surface area contributed by atoms with Crippen LogP contribution in [0, 0.1) is 12.7 Å². The number of halogens is 1. The second kappa shape index (κ2) is 7.56. The fraction of sp³-hybridized carbons (Fsp3) is 0.208. The molecule has 4 heteroatoms. The van der Waals surface area contributed by atoms with Crippen LogP contribution in [0.15, 0.2) is 60.7 Å². The van der Waals surface area contributed by atoms with Crippen LogP contribution in [0.2, 0.25) is 0 Å². The van der Waals surface area contributed by atoms with E-state index in [1.54, 1.807) is 24.3 Å². The zero-order valence-electron chi connectivity index (χ0n) is 15.8. The summed E-state index contributed by atoms with van der Waals surface area (Å²) in [4.78, 5) is 11.3. The molecule has 1 aliphatic rings. The van der Waals surface area contributed by atoms with Gasteiger partial charge >= 0.3 is 0 Å². The summed E-state index contributed by atoms with van der Waals surface area (Å²) < 4.78 is 14.8. The number of nitrogens with two attached hydrogens (primary N) is 1. The van der Waals surface area contributed by atoms with Crippen molar-refractivity contribution in [2.45, 2.75) is 32.4 Å². The highest BCUT2D eigenvalue weighted by atomic mass is 19.1. The number of hydrogen-bond acceptors (Lipinski definition) is 2. The summed E-state index contributed by atoms with van der Waals surface area (Å²) in [6, 6.07) is 19.3. The first-order valence-electron chi connectivity index (χ1n) is 9.50. The van der Waals surface area contributed by atoms with E-state index in [-0.39, 0.29) is 5.82 Å². The van der Waals surface area contributed by atoms with E-state index in [4.69, 9.17) is 5.73 Å². The number of aryl methyl sites for hydroxylation is 1. The van der Waals surface area contributed by atoms with Crippen LogP contribution in [0.3, 0.4) is 0 Å². The van der Waals surface area contributed by atoms with E-state index in [9.17, 15) is 9.18 Å². The lowest BCUT2D eigenvalue weighted by Crippen LogP contribution is -2.28. The number of primary amides is 1. The maximum Gasteiger partial charge on any atom is 0.248 e. The molecule has 0 aromatic heterocycles. The molecule has 3 N–H and O–H groups in total. The van der Waals surface area contributed by atoms with E-state index in [1.807, 2.05) is 19.1 Å². The van der Waals surface area contributed by atoms with Crippen LogP contribution in [0.25, 0.3) is 11.1 Å². The van der Waals surface area contributed by atoms with Crippen LogP contribution in [0.4, 0.5) is 4.39 Å². The van der Waals surface area contributed by atoms with Crippen molar-refractivity contribution < 1.29 is 9.18 Å². The van der Waals surface area contributed by atoms with Crippen molar-refractivity contribution in [3.8, 4) is 11.1 Å². The molecule has 3 aromatic carbocycles. The molecule has 0 atom stereocenters. The number of amides is 1. The lowest BCUT2D eigenvalue weighted by atomic mass is 9.97. The Labute approximate surface area is 164 Å². The van der Waals surface area contributed by atoms with Gasteiger partial charge in [0.05, 0.1) is 0 Å². The highest BCUT2D eigenvalue weighted by molar-refractivity contribution is 5.93. The first-order chi connectivity index (χ1) is 13.5. The molecule has 0 saturated heterocycles. The Morgan fingerprint density at radius 3 is 2.32 bits per heavy atom. The predicted molar refractivity (Wildman–Crippen MR) is 110 cm³/mol. The minimum atomic E-state index is -0.481. The fourth-order valence-corrected chi connectivity index (χ4v) is 3.97. The molecule has 0 heterocycles. The molecule has 28 heavy (non-hydrogen) atoms. The van der Waals surface area contributed by atoms with Crippen LogP contribution < -0.4 is 11.1 Å². The average Bonchev–Trinajstić information content (AvgIpc) is 3.10.